The van der Waals surface area contributed by atoms with Gasteiger partial charge in [0.1, 0.15) is 5.75 Å². The van der Waals surface area contributed by atoms with E-state index in [-0.39, 0.29) is 10.8 Å². The zero-order valence-electron chi connectivity index (χ0n) is 40.8. The molecule has 30 aromatic carbocycles. The van der Waals surface area contributed by atoms with Crippen LogP contribution in [0.25, 0.3) is 291 Å². The highest BCUT2D eigenvalue weighted by Crippen LogP contribution is 2.84. The molecule has 346 valence electrons. The van der Waals surface area contributed by atoms with E-state index < -0.39 is 21.5 Å². The van der Waals surface area contributed by atoms with Crippen LogP contribution in [0.15, 0.2) is 53.4 Å². The Hall–Kier alpha value is -9.10. The van der Waals surface area contributed by atoms with E-state index in [1.54, 1.807) is 150 Å². The summed E-state index contributed by atoms with van der Waals surface area (Å²) in [6.07, 6.45) is 0. The molecule has 0 aliphatic heterocycles. The van der Waals surface area contributed by atoms with Crippen LogP contribution in [-0.2, 0) is 15.4 Å². The molecule has 1 N–H and O–H groups in total. The van der Waals surface area contributed by atoms with Crippen molar-refractivity contribution in [2.24, 2.45) is 0 Å². The Morgan fingerprint density at radius 1 is 0.350 bits per heavy atom. The molecule has 34 rings (SSSR count). The van der Waals surface area contributed by atoms with Crippen molar-refractivity contribution >= 4 is 312 Å². The number of benzene rings is 20. The molecule has 0 bridgehead atoms. The summed E-state index contributed by atoms with van der Waals surface area (Å²) in [5.74, 6) is 0.583. The molecule has 0 radical (unpaired) electrons. The van der Waals surface area contributed by atoms with Crippen molar-refractivity contribution in [3.63, 3.8) is 0 Å². The summed E-state index contributed by atoms with van der Waals surface area (Å²) in [6.45, 7) is 0. The molecule has 4 aliphatic rings. The van der Waals surface area contributed by atoms with Crippen LogP contribution >= 0.6 is 11.6 Å². The Kier molecular flexibility index (Phi) is 3.23. The highest BCUT2D eigenvalue weighted by Gasteiger charge is 2.66. The molecule has 0 amide bonds. The molecule has 6 heteroatoms. The number of hydrogen-bond donors (Lipinski definition) is 1. The SMILES string of the molecule is COc1ccc(C(NS(=O)(=O)c2ccc(Cl)cc2)C23c4c5c6c7c8c9c(c%10c%11c2c2c4c4c%12c5c5c6c6c8c8c%13c9c9c%10c%10c%11c%11c2c2c4c4c%12c%12c5c5c6c8c6c8c%13c9c9c%10c%10c%11c2c2c4c4c%12c5c6c5c8c9c%10c2c45)C73)cc1. The van der Waals surface area contributed by atoms with Gasteiger partial charge in [-0.25, -0.2) is 13.1 Å². The van der Waals surface area contributed by atoms with E-state index in [0.717, 1.165) is 11.3 Å². The Labute approximate surface area is 444 Å². The topological polar surface area (TPSA) is 55.4 Å². The van der Waals surface area contributed by atoms with Gasteiger partial charge in [0, 0.05) is 10.9 Å². The normalized spacial score (nSPS) is 20.1. The molecule has 80 heavy (non-hydrogen) atoms. The zero-order chi connectivity index (χ0) is 49.0. The predicted octanol–water partition coefficient (Wildman–Crippen LogP) is 19.5. The summed E-state index contributed by atoms with van der Waals surface area (Å²) >= 11 is 6.60. The van der Waals surface area contributed by atoms with Crippen LogP contribution in [0.4, 0.5) is 0 Å². The van der Waals surface area contributed by atoms with E-state index in [9.17, 15) is 0 Å². The first-order valence-corrected chi connectivity index (χ1v) is 30.5. The van der Waals surface area contributed by atoms with Crippen LogP contribution in [0.5, 0.6) is 5.75 Å². The minimum atomic E-state index is -4.21. The van der Waals surface area contributed by atoms with Crippen LogP contribution in [0.3, 0.4) is 0 Å². The fourth-order valence-corrected chi connectivity index (χ4v) is 27.1. The molecular weight excluding hydrogens is 1020 g/mol. The molecular formula is C74H14ClNO3S. The van der Waals surface area contributed by atoms with Crippen molar-refractivity contribution < 1.29 is 13.2 Å². The van der Waals surface area contributed by atoms with Crippen molar-refractivity contribution in [1.29, 1.82) is 0 Å². The Bertz CT molecular complexity index is 7860. The third-order valence-electron chi connectivity index (χ3n) is 26.5. The summed E-state index contributed by atoms with van der Waals surface area (Å²) in [6, 6.07) is 14.7. The van der Waals surface area contributed by atoms with E-state index in [1.165, 1.54) is 195 Å². The molecule has 0 heterocycles. The largest absolute Gasteiger partial charge is 0.497 e. The Morgan fingerprint density at radius 2 is 0.588 bits per heavy atom. The maximum absolute atomic E-state index is 16.1. The van der Waals surface area contributed by atoms with Crippen molar-refractivity contribution in [2.45, 2.75) is 22.3 Å². The van der Waals surface area contributed by atoms with Crippen molar-refractivity contribution in [1.82, 2.24) is 4.72 Å². The fraction of sp³-hybridized carbons (Fsp3) is 0.0541. The average Bonchev–Trinajstić information content (AvgIpc) is 1.50. The number of sulfonamides is 1. The lowest BCUT2D eigenvalue weighted by Gasteiger charge is -2.50. The molecule has 0 spiro atoms. The van der Waals surface area contributed by atoms with Crippen LogP contribution in [0, 0.1) is 0 Å². The third kappa shape index (κ3) is 1.99. The van der Waals surface area contributed by atoms with Gasteiger partial charge in [-0.1, -0.05) is 23.7 Å². The Morgan fingerprint density at radius 3 is 0.863 bits per heavy atom. The monoisotopic (exact) mass is 1030 g/mol. The lowest BCUT2D eigenvalue weighted by molar-refractivity contribution is 0.362. The van der Waals surface area contributed by atoms with Gasteiger partial charge >= 0.3 is 0 Å². The summed E-state index contributed by atoms with van der Waals surface area (Å²) < 4.78 is 42.0. The van der Waals surface area contributed by atoms with Gasteiger partial charge in [-0.15, -0.1) is 0 Å². The summed E-state index contributed by atoms with van der Waals surface area (Å²) in [5, 5.41) is 82.9. The highest BCUT2D eigenvalue weighted by atomic mass is 35.5. The van der Waals surface area contributed by atoms with Crippen LogP contribution < -0.4 is 9.46 Å². The molecule has 1 atom stereocenters. The molecule has 30 aromatic rings. The number of nitrogens with one attached hydrogen (secondary N) is 1. The minimum absolute atomic E-state index is 0.173. The first-order chi connectivity index (χ1) is 39.5. The lowest BCUT2D eigenvalue weighted by Crippen LogP contribution is -2.49. The van der Waals surface area contributed by atoms with Gasteiger partial charge in [0.05, 0.1) is 23.5 Å². The molecule has 0 aromatic heterocycles. The van der Waals surface area contributed by atoms with Gasteiger partial charge in [-0.05, 0) is 355 Å². The van der Waals surface area contributed by atoms with Gasteiger partial charge in [0.15, 0.2) is 0 Å². The van der Waals surface area contributed by atoms with E-state index in [2.05, 4.69) is 29.0 Å². The van der Waals surface area contributed by atoms with Gasteiger partial charge in [0.2, 0.25) is 10.0 Å². The van der Waals surface area contributed by atoms with Crippen molar-refractivity contribution in [3.05, 3.63) is 81.4 Å². The molecule has 0 saturated carbocycles. The number of rotatable bonds is 6. The second-order valence-corrected chi connectivity index (χ2v) is 29.6. The number of methoxy groups -OCH3 is 1. The van der Waals surface area contributed by atoms with Gasteiger partial charge in [0.25, 0.3) is 0 Å². The quantitative estimate of drug-likeness (QED) is 0.169. The smallest absolute Gasteiger partial charge is 0.241 e. The van der Waals surface area contributed by atoms with Gasteiger partial charge in [-0.2, -0.15) is 0 Å². The average molecular weight is 1030 g/mol. The summed E-state index contributed by atoms with van der Waals surface area (Å²) in [5.41, 5.74) is 5.84. The number of ether oxygens (including phenoxy) is 1. The third-order valence-corrected chi connectivity index (χ3v) is 28.2. The van der Waals surface area contributed by atoms with E-state index in [4.69, 9.17) is 16.3 Å². The molecule has 0 saturated heterocycles. The van der Waals surface area contributed by atoms with E-state index in [1.807, 2.05) is 0 Å². The first kappa shape index (κ1) is 32.7. The van der Waals surface area contributed by atoms with Crippen molar-refractivity contribution in [3.8, 4) is 5.75 Å². The maximum Gasteiger partial charge on any atom is 0.241 e. The van der Waals surface area contributed by atoms with Gasteiger partial charge in [-0.3, -0.25) is 0 Å². The summed E-state index contributed by atoms with van der Waals surface area (Å²) in [7, 11) is -2.48. The standard InChI is InChI=1S/C74H14ClNO3S/c1-79-12-6-2-10(3-7-12)73(76-80(77,78)13-8-4-11(75)5-9-13)74-70-66-60-46-38-30-18-15-14-16-19(18)31-33-29-23(16)25-21-17(14)20-24-22(15)28-32(30)44(46)52-50-36(28)34(24)42-40-26(20)27(21)41-43-35(25)37(29)51-53-45(33)47(39(31)38)61(60)67(70)63(53)65-57(51)55(43)59-49(41)48(40)58-54(42)56(50)64(62(52)66)71(74)68(58)69(59)72(65)74/h2-9,70,73,76H,1H3. The van der Waals surface area contributed by atoms with Crippen molar-refractivity contribution in [2.75, 3.05) is 7.11 Å². The second-order valence-electron chi connectivity index (χ2n) is 27.4. The number of halogens is 1. The lowest BCUT2D eigenvalue weighted by atomic mass is 9.53. The highest BCUT2D eigenvalue weighted by molar-refractivity contribution is 7.89. The molecule has 0 fully saturated rings. The van der Waals surface area contributed by atoms with Crippen LogP contribution in [0.2, 0.25) is 5.02 Å². The maximum atomic E-state index is 16.1. The van der Waals surface area contributed by atoms with Crippen LogP contribution in [0.1, 0.15) is 39.8 Å². The molecule has 1 unspecified atom stereocenters. The first-order valence-electron chi connectivity index (χ1n) is 28.7. The predicted molar refractivity (Wildman–Crippen MR) is 332 cm³/mol. The van der Waals surface area contributed by atoms with E-state index >= 15 is 8.42 Å². The second kappa shape index (κ2) is 7.90. The van der Waals surface area contributed by atoms with Crippen LogP contribution in [-0.4, -0.2) is 15.5 Å². The van der Waals surface area contributed by atoms with Gasteiger partial charge < -0.3 is 4.74 Å². The minimum Gasteiger partial charge on any atom is -0.497 e. The molecule has 4 aliphatic carbocycles. The molecule has 4 nitrogen and oxygen atoms in total. The number of hydrogen-bond acceptors (Lipinski definition) is 3. The fourth-order valence-electron chi connectivity index (χ4n) is 25.8. The summed E-state index contributed by atoms with van der Waals surface area (Å²) in [4.78, 5) is 0.227. The van der Waals surface area contributed by atoms with E-state index in [0.29, 0.717) is 5.02 Å². The zero-order valence-corrected chi connectivity index (χ0v) is 42.4. The Balaban J connectivity index is 1.03.